The summed E-state index contributed by atoms with van der Waals surface area (Å²) < 4.78 is 4.56. The maximum atomic E-state index is 6.85. The maximum Gasteiger partial charge on any atom is 0.292 e. The largest absolute Gasteiger partial charge is 0.435 e. The number of nitrogen functional groups attached to an aromatic ring is 1. The average molecular weight is 146 g/mol. The highest BCUT2D eigenvalue weighted by molar-refractivity contribution is 6.27. The summed E-state index contributed by atoms with van der Waals surface area (Å²) >= 11 is 5.27. The van der Waals surface area contributed by atoms with Crippen LogP contribution < -0.4 is 5.73 Å². The summed E-state index contributed by atoms with van der Waals surface area (Å²) in [7, 11) is 0. The fourth-order valence-electron chi connectivity index (χ4n) is 0.376. The molecule has 0 spiro atoms. The minimum atomic E-state index is -0.148. The molecule has 1 rings (SSSR count). The molecule has 0 aliphatic rings. The zero-order valence-electron chi connectivity index (χ0n) is 4.39. The summed E-state index contributed by atoms with van der Waals surface area (Å²) in [6.45, 7) is 0. The van der Waals surface area contributed by atoms with Gasteiger partial charge in [-0.15, -0.1) is 0 Å². The zero-order valence-corrected chi connectivity index (χ0v) is 5.14. The Bertz CT molecular complexity index is 231. The first kappa shape index (κ1) is 6.10. The number of halogens is 1. The SMILES string of the molecule is N=C(N)c1coc(Cl)n1. The van der Waals surface area contributed by atoms with E-state index in [0.29, 0.717) is 0 Å². The molecule has 0 atom stereocenters. The first-order valence-electron chi connectivity index (χ1n) is 2.15. The van der Waals surface area contributed by atoms with E-state index in [0.717, 1.165) is 0 Å². The van der Waals surface area contributed by atoms with Crippen LogP contribution in [0, 0.1) is 5.41 Å². The van der Waals surface area contributed by atoms with Crippen molar-refractivity contribution in [1.29, 1.82) is 5.41 Å². The van der Waals surface area contributed by atoms with Crippen LogP contribution in [-0.2, 0) is 0 Å². The highest BCUT2D eigenvalue weighted by atomic mass is 35.5. The summed E-state index contributed by atoms with van der Waals surface area (Å²) in [5.74, 6) is -0.148. The van der Waals surface area contributed by atoms with Crippen LogP contribution in [0.15, 0.2) is 10.7 Å². The number of nitrogens with zero attached hydrogens (tertiary/aromatic N) is 1. The Morgan fingerprint density at radius 1 is 1.89 bits per heavy atom. The van der Waals surface area contributed by atoms with Crippen LogP contribution in [-0.4, -0.2) is 10.8 Å². The highest BCUT2D eigenvalue weighted by Gasteiger charge is 2.01. The number of hydrogen-bond donors (Lipinski definition) is 2. The molecule has 0 aromatic carbocycles. The molecule has 0 aliphatic carbocycles. The fourth-order valence-corrected chi connectivity index (χ4v) is 0.511. The quantitative estimate of drug-likeness (QED) is 0.449. The van der Waals surface area contributed by atoms with Gasteiger partial charge in [0.25, 0.3) is 5.35 Å². The van der Waals surface area contributed by atoms with Gasteiger partial charge in [0.05, 0.1) is 0 Å². The number of nitrogens with two attached hydrogens (primary N) is 1. The van der Waals surface area contributed by atoms with E-state index in [4.69, 9.17) is 22.7 Å². The minimum absolute atomic E-state index is 0.000185. The van der Waals surface area contributed by atoms with E-state index in [-0.39, 0.29) is 16.9 Å². The van der Waals surface area contributed by atoms with Gasteiger partial charge in [0.2, 0.25) is 0 Å². The van der Waals surface area contributed by atoms with Crippen molar-refractivity contribution in [2.24, 2.45) is 5.73 Å². The molecule has 5 heteroatoms. The van der Waals surface area contributed by atoms with Crippen LogP contribution in [0.3, 0.4) is 0 Å². The van der Waals surface area contributed by atoms with E-state index in [1.165, 1.54) is 6.26 Å². The van der Waals surface area contributed by atoms with Crippen LogP contribution in [0.1, 0.15) is 5.69 Å². The van der Waals surface area contributed by atoms with Gasteiger partial charge in [0.1, 0.15) is 17.8 Å². The van der Waals surface area contributed by atoms with E-state index >= 15 is 0 Å². The van der Waals surface area contributed by atoms with Crippen LogP contribution in [0.2, 0.25) is 5.35 Å². The lowest BCUT2D eigenvalue weighted by molar-refractivity contribution is 0.560. The van der Waals surface area contributed by atoms with Crippen molar-refractivity contribution in [3.05, 3.63) is 17.3 Å². The average Bonchev–Trinajstić information content (AvgIpc) is 2.14. The van der Waals surface area contributed by atoms with Gasteiger partial charge in [-0.25, -0.2) is 0 Å². The second kappa shape index (κ2) is 2.06. The first-order chi connectivity index (χ1) is 4.20. The molecule has 48 valence electrons. The van der Waals surface area contributed by atoms with Crippen LogP contribution in [0.25, 0.3) is 0 Å². The molecule has 9 heavy (non-hydrogen) atoms. The number of aromatic nitrogens is 1. The fraction of sp³-hybridized carbons (Fsp3) is 0. The highest BCUT2D eigenvalue weighted by Crippen LogP contribution is 2.05. The lowest BCUT2D eigenvalue weighted by atomic mass is 10.5. The van der Waals surface area contributed by atoms with E-state index in [1.54, 1.807) is 0 Å². The molecular weight excluding hydrogens is 142 g/mol. The monoisotopic (exact) mass is 145 g/mol. The Morgan fingerprint density at radius 2 is 2.56 bits per heavy atom. The van der Waals surface area contributed by atoms with E-state index in [1.807, 2.05) is 0 Å². The van der Waals surface area contributed by atoms with Crippen molar-refractivity contribution in [3.63, 3.8) is 0 Å². The summed E-state index contributed by atoms with van der Waals surface area (Å²) in [5.41, 5.74) is 5.29. The van der Waals surface area contributed by atoms with Crippen molar-refractivity contribution in [3.8, 4) is 0 Å². The third kappa shape index (κ3) is 1.20. The van der Waals surface area contributed by atoms with Gasteiger partial charge in [-0.1, -0.05) is 0 Å². The molecule has 0 aliphatic heterocycles. The van der Waals surface area contributed by atoms with Crippen molar-refractivity contribution in [2.75, 3.05) is 0 Å². The van der Waals surface area contributed by atoms with E-state index in [2.05, 4.69) is 9.40 Å². The maximum absolute atomic E-state index is 6.85. The molecule has 1 aromatic rings. The van der Waals surface area contributed by atoms with E-state index in [9.17, 15) is 0 Å². The topological polar surface area (TPSA) is 75.9 Å². The molecule has 3 N–H and O–H groups in total. The Kier molecular flexibility index (Phi) is 1.40. The lowest BCUT2D eigenvalue weighted by Gasteiger charge is -1.82. The molecule has 0 fully saturated rings. The van der Waals surface area contributed by atoms with Crippen LogP contribution in [0.4, 0.5) is 0 Å². The van der Waals surface area contributed by atoms with Crippen molar-refractivity contribution in [1.82, 2.24) is 4.98 Å². The molecule has 0 saturated heterocycles. The molecule has 0 amide bonds. The van der Waals surface area contributed by atoms with Crippen molar-refractivity contribution < 1.29 is 4.42 Å². The molecule has 0 saturated carbocycles. The van der Waals surface area contributed by atoms with Gasteiger partial charge in [0, 0.05) is 0 Å². The van der Waals surface area contributed by atoms with Gasteiger partial charge in [-0.3, -0.25) is 5.41 Å². The van der Waals surface area contributed by atoms with Crippen molar-refractivity contribution in [2.45, 2.75) is 0 Å². The smallest absolute Gasteiger partial charge is 0.292 e. The summed E-state index contributed by atoms with van der Waals surface area (Å²) in [4.78, 5) is 3.56. The third-order valence-corrected chi connectivity index (χ3v) is 0.926. The molecule has 4 nitrogen and oxygen atoms in total. The Labute approximate surface area is 56.1 Å². The van der Waals surface area contributed by atoms with Gasteiger partial charge in [0.15, 0.2) is 0 Å². The summed E-state index contributed by atoms with van der Waals surface area (Å²) in [6.07, 6.45) is 1.23. The Balaban J connectivity index is 2.98. The van der Waals surface area contributed by atoms with E-state index < -0.39 is 0 Å². The normalized spacial score (nSPS) is 9.44. The number of oxazole rings is 1. The van der Waals surface area contributed by atoms with Crippen molar-refractivity contribution >= 4 is 17.4 Å². The Morgan fingerprint density at radius 3 is 2.78 bits per heavy atom. The Hall–Kier alpha value is -1.03. The third-order valence-electron chi connectivity index (χ3n) is 0.752. The number of nitrogens with one attached hydrogen (secondary N) is 1. The molecule has 1 aromatic heterocycles. The zero-order chi connectivity index (χ0) is 6.85. The van der Waals surface area contributed by atoms with Gasteiger partial charge < -0.3 is 10.2 Å². The first-order valence-corrected chi connectivity index (χ1v) is 2.53. The predicted octanol–water partition coefficient (Wildman–Crippen LogP) is 0.612. The number of hydrogen-bond acceptors (Lipinski definition) is 3. The number of amidine groups is 1. The standard InChI is InChI=1S/C4H4ClN3O/c5-4-8-2(1-9-4)3(6)7/h1H,(H3,6,7). The molecule has 0 bridgehead atoms. The van der Waals surface area contributed by atoms with Gasteiger partial charge >= 0.3 is 0 Å². The molecule has 0 unspecified atom stereocenters. The van der Waals surface area contributed by atoms with Gasteiger partial charge in [-0.2, -0.15) is 4.98 Å². The number of rotatable bonds is 1. The van der Waals surface area contributed by atoms with Gasteiger partial charge in [-0.05, 0) is 11.6 Å². The lowest BCUT2D eigenvalue weighted by Crippen LogP contribution is -2.10. The minimum Gasteiger partial charge on any atom is -0.435 e. The van der Waals surface area contributed by atoms with Crippen LogP contribution in [0.5, 0.6) is 0 Å². The summed E-state index contributed by atoms with van der Waals surface area (Å²) in [6, 6.07) is 0. The second-order valence-corrected chi connectivity index (χ2v) is 1.72. The molecular formula is C4H4ClN3O. The van der Waals surface area contributed by atoms with Crippen LogP contribution >= 0.6 is 11.6 Å². The predicted molar refractivity (Wildman–Crippen MR) is 32.5 cm³/mol. The second-order valence-electron chi connectivity index (χ2n) is 1.40. The molecule has 0 radical (unpaired) electrons. The summed E-state index contributed by atoms with van der Waals surface area (Å²) in [5, 5.41) is 6.85. The molecule has 1 heterocycles.